The molecule has 1 aliphatic rings. The molecule has 1 fully saturated rings. The molecule has 6 heteroatoms. The van der Waals surface area contributed by atoms with E-state index in [-0.39, 0.29) is 0 Å². The summed E-state index contributed by atoms with van der Waals surface area (Å²) < 4.78 is 0. The fourth-order valence-electron chi connectivity index (χ4n) is 3.52. The lowest BCUT2D eigenvalue weighted by Gasteiger charge is -2.37. The van der Waals surface area contributed by atoms with Gasteiger partial charge in [0.25, 0.3) is 0 Å². The number of hydrogen-bond acceptors (Lipinski definition) is 4. The van der Waals surface area contributed by atoms with Crippen LogP contribution in [0, 0.1) is 13.8 Å². The Morgan fingerprint density at radius 3 is 2.57 bits per heavy atom. The molecule has 1 aromatic heterocycles. The summed E-state index contributed by atoms with van der Waals surface area (Å²) in [7, 11) is 1.80. The molecule has 0 atom stereocenters. The number of aromatic nitrogens is 1. The molecule has 0 radical (unpaired) electrons. The molecule has 28 heavy (non-hydrogen) atoms. The highest BCUT2D eigenvalue weighted by Gasteiger charge is 2.18. The Bertz CT molecular complexity index is 766. The van der Waals surface area contributed by atoms with Crippen molar-refractivity contribution in [3.8, 4) is 0 Å². The zero-order valence-corrected chi connectivity index (χ0v) is 17.3. The van der Waals surface area contributed by atoms with E-state index >= 15 is 0 Å². The second-order valence-electron chi connectivity index (χ2n) is 7.22. The maximum Gasteiger partial charge on any atom is 0.191 e. The summed E-state index contributed by atoms with van der Waals surface area (Å²) in [5, 5.41) is 6.72. The van der Waals surface area contributed by atoms with Gasteiger partial charge in [-0.25, -0.2) is 0 Å². The van der Waals surface area contributed by atoms with Gasteiger partial charge in [0.05, 0.1) is 12.2 Å². The van der Waals surface area contributed by atoms with E-state index in [1.165, 1.54) is 16.8 Å². The van der Waals surface area contributed by atoms with Crippen molar-refractivity contribution in [1.82, 2.24) is 20.5 Å². The predicted molar refractivity (Wildman–Crippen MR) is 117 cm³/mol. The highest BCUT2D eigenvalue weighted by atomic mass is 15.3. The molecule has 0 spiro atoms. The van der Waals surface area contributed by atoms with Crippen LogP contribution in [0.5, 0.6) is 0 Å². The molecule has 0 unspecified atom stereocenters. The molecule has 2 heterocycles. The van der Waals surface area contributed by atoms with Gasteiger partial charge in [-0.1, -0.05) is 18.2 Å². The largest absolute Gasteiger partial charge is 0.369 e. The van der Waals surface area contributed by atoms with Crippen LogP contribution in [0.4, 0.5) is 5.69 Å². The first-order valence-electron chi connectivity index (χ1n) is 10.1. The van der Waals surface area contributed by atoms with Crippen molar-refractivity contribution in [2.45, 2.75) is 20.4 Å². The van der Waals surface area contributed by atoms with Gasteiger partial charge in [0.15, 0.2) is 5.96 Å². The number of rotatable bonds is 6. The average Bonchev–Trinajstić information content (AvgIpc) is 2.74. The Morgan fingerprint density at radius 1 is 1.04 bits per heavy atom. The van der Waals surface area contributed by atoms with Gasteiger partial charge in [0.1, 0.15) is 0 Å². The number of piperazine rings is 1. The van der Waals surface area contributed by atoms with Gasteiger partial charge >= 0.3 is 0 Å². The van der Waals surface area contributed by atoms with Gasteiger partial charge in [-0.15, -0.1) is 0 Å². The average molecular weight is 381 g/mol. The third-order valence-corrected chi connectivity index (χ3v) is 5.40. The monoisotopic (exact) mass is 380 g/mol. The number of nitrogens with zero attached hydrogens (tertiary/aromatic N) is 4. The van der Waals surface area contributed by atoms with E-state index in [9.17, 15) is 0 Å². The van der Waals surface area contributed by atoms with Crippen molar-refractivity contribution in [3.05, 3.63) is 59.4 Å². The minimum absolute atomic E-state index is 0.676. The normalized spacial score (nSPS) is 15.5. The van der Waals surface area contributed by atoms with Gasteiger partial charge in [0, 0.05) is 58.2 Å². The van der Waals surface area contributed by atoms with E-state index in [2.05, 4.69) is 62.5 Å². The van der Waals surface area contributed by atoms with Gasteiger partial charge in [-0.05, 0) is 43.2 Å². The molecular weight excluding hydrogens is 348 g/mol. The van der Waals surface area contributed by atoms with Crippen LogP contribution in [0.25, 0.3) is 0 Å². The van der Waals surface area contributed by atoms with E-state index in [1.807, 2.05) is 24.4 Å². The first kappa shape index (κ1) is 20.1. The molecule has 150 valence electrons. The summed E-state index contributed by atoms with van der Waals surface area (Å²) in [4.78, 5) is 13.6. The molecule has 2 N–H and O–H groups in total. The number of pyridine rings is 1. The van der Waals surface area contributed by atoms with Gasteiger partial charge < -0.3 is 15.5 Å². The quantitative estimate of drug-likeness (QED) is 0.594. The number of anilines is 1. The Balaban J connectivity index is 1.38. The SMILES string of the molecule is CN=C(NCCN1CCN(c2cccc(C)c2C)CC1)NCc1ccccn1. The summed E-state index contributed by atoms with van der Waals surface area (Å²) in [6.07, 6.45) is 1.81. The third-order valence-electron chi connectivity index (χ3n) is 5.40. The number of guanidine groups is 1. The van der Waals surface area contributed by atoms with Crippen LogP contribution in [0.1, 0.15) is 16.8 Å². The van der Waals surface area contributed by atoms with Crippen molar-refractivity contribution in [2.24, 2.45) is 4.99 Å². The number of aryl methyl sites for hydroxylation is 1. The van der Waals surface area contributed by atoms with Crippen molar-refractivity contribution in [2.75, 3.05) is 51.2 Å². The molecule has 1 aliphatic heterocycles. The van der Waals surface area contributed by atoms with E-state index < -0.39 is 0 Å². The molecule has 0 aliphatic carbocycles. The molecule has 6 nitrogen and oxygen atoms in total. The van der Waals surface area contributed by atoms with Gasteiger partial charge in [0.2, 0.25) is 0 Å². The van der Waals surface area contributed by atoms with Crippen LogP contribution < -0.4 is 15.5 Å². The topological polar surface area (TPSA) is 55.8 Å². The van der Waals surface area contributed by atoms with Crippen molar-refractivity contribution < 1.29 is 0 Å². The summed E-state index contributed by atoms with van der Waals surface area (Å²) in [6, 6.07) is 12.5. The third kappa shape index (κ3) is 5.45. The molecule has 0 saturated carbocycles. The summed E-state index contributed by atoms with van der Waals surface area (Å²) >= 11 is 0. The number of hydrogen-bond donors (Lipinski definition) is 2. The lowest BCUT2D eigenvalue weighted by atomic mass is 10.1. The van der Waals surface area contributed by atoms with E-state index in [0.717, 1.165) is 50.9 Å². The van der Waals surface area contributed by atoms with Crippen molar-refractivity contribution >= 4 is 11.6 Å². The first-order chi connectivity index (χ1) is 13.7. The van der Waals surface area contributed by atoms with Crippen LogP contribution in [-0.4, -0.2) is 62.2 Å². The number of aliphatic imine (C=N–C) groups is 1. The molecule has 3 rings (SSSR count). The second kappa shape index (κ2) is 10.1. The summed E-state index contributed by atoms with van der Waals surface area (Å²) in [5.74, 6) is 0.819. The lowest BCUT2D eigenvalue weighted by molar-refractivity contribution is 0.261. The van der Waals surface area contributed by atoms with Crippen LogP contribution in [0.15, 0.2) is 47.6 Å². The standard InChI is InChI=1S/C22H32N6/c1-18-7-6-9-21(19(18)2)28-15-13-27(14-16-28)12-11-25-22(23-3)26-17-20-8-4-5-10-24-20/h4-10H,11-17H2,1-3H3,(H2,23,25,26). The smallest absolute Gasteiger partial charge is 0.191 e. The molecule has 2 aromatic rings. The minimum Gasteiger partial charge on any atom is -0.369 e. The highest BCUT2D eigenvalue weighted by Crippen LogP contribution is 2.23. The fourth-order valence-corrected chi connectivity index (χ4v) is 3.52. The maximum atomic E-state index is 4.32. The van der Waals surface area contributed by atoms with Crippen LogP contribution >= 0.6 is 0 Å². The second-order valence-corrected chi connectivity index (χ2v) is 7.22. The zero-order valence-electron chi connectivity index (χ0n) is 17.3. The molecule has 1 saturated heterocycles. The van der Waals surface area contributed by atoms with Gasteiger partial charge in [-0.2, -0.15) is 0 Å². The minimum atomic E-state index is 0.676. The maximum absolute atomic E-state index is 4.32. The fraction of sp³-hybridized carbons (Fsp3) is 0.455. The summed E-state index contributed by atoms with van der Waals surface area (Å²) in [5.41, 5.74) is 5.17. The van der Waals surface area contributed by atoms with E-state index in [4.69, 9.17) is 0 Å². The Hall–Kier alpha value is -2.60. The van der Waals surface area contributed by atoms with Crippen LogP contribution in [-0.2, 0) is 6.54 Å². The van der Waals surface area contributed by atoms with Crippen molar-refractivity contribution in [1.29, 1.82) is 0 Å². The van der Waals surface area contributed by atoms with Crippen molar-refractivity contribution in [3.63, 3.8) is 0 Å². The highest BCUT2D eigenvalue weighted by molar-refractivity contribution is 5.79. The number of benzene rings is 1. The Morgan fingerprint density at radius 2 is 1.86 bits per heavy atom. The van der Waals surface area contributed by atoms with E-state index in [1.54, 1.807) is 7.05 Å². The molecule has 0 bridgehead atoms. The zero-order chi connectivity index (χ0) is 19.8. The lowest BCUT2D eigenvalue weighted by Crippen LogP contribution is -2.49. The molecule has 1 aromatic carbocycles. The van der Waals surface area contributed by atoms with Crippen LogP contribution in [0.2, 0.25) is 0 Å². The first-order valence-corrected chi connectivity index (χ1v) is 10.1. The predicted octanol–water partition coefficient (Wildman–Crippen LogP) is 2.19. The van der Waals surface area contributed by atoms with Crippen LogP contribution in [0.3, 0.4) is 0 Å². The summed E-state index contributed by atoms with van der Waals surface area (Å²) in [6.45, 7) is 11.3. The van der Waals surface area contributed by atoms with Gasteiger partial charge in [-0.3, -0.25) is 14.9 Å². The number of nitrogens with one attached hydrogen (secondary N) is 2. The Labute approximate surface area is 168 Å². The molecular formula is C22H32N6. The molecule has 0 amide bonds. The Kier molecular flexibility index (Phi) is 7.25. The van der Waals surface area contributed by atoms with E-state index in [0.29, 0.717) is 6.54 Å².